The van der Waals surface area contributed by atoms with Gasteiger partial charge in [0.2, 0.25) is 5.78 Å². The van der Waals surface area contributed by atoms with Gasteiger partial charge in [-0.2, -0.15) is 0 Å². The number of carbonyl (C=O) groups excluding carboxylic acids is 1. The van der Waals surface area contributed by atoms with Crippen molar-refractivity contribution in [2.45, 2.75) is 39.5 Å². The molecule has 76 valence electrons. The number of carbonyl (C=O) groups is 1. The zero-order chi connectivity index (χ0) is 10.3. The lowest BCUT2D eigenvalue weighted by Gasteiger charge is -2.12. The maximum Gasteiger partial charge on any atom is 0.263 e. The predicted molar refractivity (Wildman–Crippen MR) is 52.3 cm³/mol. The van der Waals surface area contributed by atoms with E-state index in [0.717, 1.165) is 5.76 Å². The highest BCUT2D eigenvalue weighted by Crippen LogP contribution is 2.40. The molecule has 1 aliphatic carbocycles. The van der Waals surface area contributed by atoms with E-state index in [-0.39, 0.29) is 11.7 Å². The molecule has 1 heterocycles. The Morgan fingerprint density at radius 3 is 2.64 bits per heavy atom. The van der Waals surface area contributed by atoms with Crippen LogP contribution in [-0.4, -0.2) is 10.8 Å². The second-order valence-electron chi connectivity index (χ2n) is 4.92. The van der Waals surface area contributed by atoms with Crippen LogP contribution in [0, 0.1) is 5.41 Å². The third kappa shape index (κ3) is 1.72. The number of oxazole rings is 1. The predicted octanol–water partition coefficient (Wildman–Crippen LogP) is 2.78. The molecule has 0 aromatic carbocycles. The monoisotopic (exact) mass is 193 g/mol. The fraction of sp³-hybridized carbons (Fsp3) is 0.636. The largest absolute Gasteiger partial charge is 0.439 e. The van der Waals surface area contributed by atoms with Gasteiger partial charge in [-0.3, -0.25) is 4.79 Å². The van der Waals surface area contributed by atoms with Gasteiger partial charge in [-0.1, -0.05) is 20.8 Å². The first-order valence-corrected chi connectivity index (χ1v) is 4.99. The molecule has 0 bridgehead atoms. The first-order chi connectivity index (χ1) is 6.48. The minimum atomic E-state index is -0.411. The highest BCUT2D eigenvalue weighted by molar-refractivity contribution is 5.95. The van der Waals surface area contributed by atoms with Gasteiger partial charge in [0, 0.05) is 11.3 Å². The summed E-state index contributed by atoms with van der Waals surface area (Å²) >= 11 is 0. The standard InChI is InChI=1S/C11H15NO2/c1-11(2,3)9(13)10-12-6-8(14-10)7-4-5-7/h6-7H,4-5H2,1-3H3. The molecule has 14 heavy (non-hydrogen) atoms. The van der Waals surface area contributed by atoms with E-state index >= 15 is 0 Å². The molecule has 3 nitrogen and oxygen atoms in total. The maximum atomic E-state index is 11.8. The van der Waals surface area contributed by atoms with Gasteiger partial charge in [-0.05, 0) is 12.8 Å². The normalized spacial score (nSPS) is 17.1. The molecule has 2 rings (SSSR count). The second kappa shape index (κ2) is 2.94. The molecular weight excluding hydrogens is 178 g/mol. The van der Waals surface area contributed by atoms with Gasteiger partial charge in [0.1, 0.15) is 5.76 Å². The average Bonchev–Trinajstić information content (AvgIpc) is 2.82. The lowest BCUT2D eigenvalue weighted by atomic mass is 9.91. The highest BCUT2D eigenvalue weighted by Gasteiger charge is 2.31. The first-order valence-electron chi connectivity index (χ1n) is 4.99. The van der Waals surface area contributed by atoms with Crippen molar-refractivity contribution in [2.75, 3.05) is 0 Å². The minimum Gasteiger partial charge on any atom is -0.439 e. The van der Waals surface area contributed by atoms with Crippen LogP contribution in [-0.2, 0) is 0 Å². The third-order valence-corrected chi connectivity index (χ3v) is 2.38. The molecular formula is C11H15NO2. The van der Waals surface area contributed by atoms with Gasteiger partial charge in [-0.15, -0.1) is 0 Å². The van der Waals surface area contributed by atoms with Crippen LogP contribution < -0.4 is 0 Å². The Morgan fingerprint density at radius 2 is 2.14 bits per heavy atom. The lowest BCUT2D eigenvalue weighted by Crippen LogP contribution is -2.20. The molecule has 1 aliphatic rings. The summed E-state index contributed by atoms with van der Waals surface area (Å²) in [5.74, 6) is 1.63. The summed E-state index contributed by atoms with van der Waals surface area (Å²) in [5, 5.41) is 0. The smallest absolute Gasteiger partial charge is 0.263 e. The number of nitrogens with zero attached hydrogens (tertiary/aromatic N) is 1. The molecule has 1 aromatic rings. The molecule has 0 unspecified atom stereocenters. The number of ketones is 1. The third-order valence-electron chi connectivity index (χ3n) is 2.38. The van der Waals surface area contributed by atoms with Crippen molar-refractivity contribution in [1.82, 2.24) is 4.98 Å². The Labute approximate surface area is 83.5 Å². The fourth-order valence-electron chi connectivity index (χ4n) is 1.27. The van der Waals surface area contributed by atoms with Crippen LogP contribution in [0.15, 0.2) is 10.6 Å². The van der Waals surface area contributed by atoms with E-state index in [1.807, 2.05) is 20.8 Å². The van der Waals surface area contributed by atoms with Crippen molar-refractivity contribution in [1.29, 1.82) is 0 Å². The van der Waals surface area contributed by atoms with E-state index in [1.54, 1.807) is 6.20 Å². The van der Waals surface area contributed by atoms with E-state index in [4.69, 9.17) is 4.42 Å². The van der Waals surface area contributed by atoms with Crippen molar-refractivity contribution in [3.05, 3.63) is 17.8 Å². The van der Waals surface area contributed by atoms with E-state index < -0.39 is 5.41 Å². The molecule has 0 atom stereocenters. The molecule has 0 radical (unpaired) electrons. The first kappa shape index (κ1) is 9.44. The Morgan fingerprint density at radius 1 is 1.50 bits per heavy atom. The van der Waals surface area contributed by atoms with Crippen LogP contribution in [0.5, 0.6) is 0 Å². The summed E-state index contributed by atoms with van der Waals surface area (Å²) in [7, 11) is 0. The Kier molecular flexibility index (Phi) is 1.98. The lowest BCUT2D eigenvalue weighted by molar-refractivity contribution is 0.0819. The van der Waals surface area contributed by atoms with E-state index in [9.17, 15) is 4.79 Å². The summed E-state index contributed by atoms with van der Waals surface area (Å²) < 4.78 is 5.44. The zero-order valence-corrected chi connectivity index (χ0v) is 8.83. The van der Waals surface area contributed by atoms with Gasteiger partial charge < -0.3 is 4.42 Å². The van der Waals surface area contributed by atoms with Crippen molar-refractivity contribution >= 4 is 5.78 Å². The number of hydrogen-bond acceptors (Lipinski definition) is 3. The molecule has 0 saturated heterocycles. The van der Waals surface area contributed by atoms with Crippen LogP contribution in [0.1, 0.15) is 56.0 Å². The van der Waals surface area contributed by atoms with Crippen molar-refractivity contribution in [3.63, 3.8) is 0 Å². The van der Waals surface area contributed by atoms with Crippen LogP contribution >= 0.6 is 0 Å². The van der Waals surface area contributed by atoms with Crippen LogP contribution in [0.4, 0.5) is 0 Å². The fourth-order valence-corrected chi connectivity index (χ4v) is 1.27. The van der Waals surface area contributed by atoms with Crippen molar-refractivity contribution in [2.24, 2.45) is 5.41 Å². The van der Waals surface area contributed by atoms with Crippen LogP contribution in [0.2, 0.25) is 0 Å². The summed E-state index contributed by atoms with van der Waals surface area (Å²) in [6, 6.07) is 0. The molecule has 1 saturated carbocycles. The summed E-state index contributed by atoms with van der Waals surface area (Å²) in [6.45, 7) is 5.61. The summed E-state index contributed by atoms with van der Waals surface area (Å²) in [6.07, 6.45) is 4.02. The van der Waals surface area contributed by atoms with Gasteiger partial charge >= 0.3 is 0 Å². The Hall–Kier alpha value is -1.12. The molecule has 0 aliphatic heterocycles. The van der Waals surface area contributed by atoms with Gasteiger partial charge in [0.15, 0.2) is 0 Å². The molecule has 0 N–H and O–H groups in total. The zero-order valence-electron chi connectivity index (χ0n) is 8.83. The molecule has 1 aromatic heterocycles. The molecule has 1 fully saturated rings. The number of hydrogen-bond donors (Lipinski definition) is 0. The SMILES string of the molecule is CC(C)(C)C(=O)c1ncc(C2CC2)o1. The second-order valence-corrected chi connectivity index (χ2v) is 4.92. The van der Waals surface area contributed by atoms with E-state index in [0.29, 0.717) is 5.92 Å². The quantitative estimate of drug-likeness (QED) is 0.678. The number of rotatable bonds is 2. The number of Topliss-reactive ketones (excluding diaryl/α,β-unsaturated/α-hetero) is 1. The highest BCUT2D eigenvalue weighted by atomic mass is 16.4. The van der Waals surface area contributed by atoms with E-state index in [2.05, 4.69) is 4.98 Å². The van der Waals surface area contributed by atoms with Crippen LogP contribution in [0.25, 0.3) is 0 Å². The minimum absolute atomic E-state index is 0.0237. The maximum absolute atomic E-state index is 11.8. The molecule has 0 amide bonds. The average molecular weight is 193 g/mol. The Balaban J connectivity index is 2.20. The van der Waals surface area contributed by atoms with Crippen molar-refractivity contribution < 1.29 is 9.21 Å². The molecule has 3 heteroatoms. The van der Waals surface area contributed by atoms with Crippen molar-refractivity contribution in [3.8, 4) is 0 Å². The summed E-state index contributed by atoms with van der Waals surface area (Å²) in [4.78, 5) is 15.8. The van der Waals surface area contributed by atoms with Gasteiger partial charge in [-0.25, -0.2) is 4.98 Å². The van der Waals surface area contributed by atoms with E-state index in [1.165, 1.54) is 12.8 Å². The topological polar surface area (TPSA) is 43.1 Å². The number of aromatic nitrogens is 1. The Bertz CT molecular complexity index is 356. The van der Waals surface area contributed by atoms with Gasteiger partial charge in [0.05, 0.1) is 6.20 Å². The molecule has 0 spiro atoms. The van der Waals surface area contributed by atoms with Gasteiger partial charge in [0.25, 0.3) is 5.89 Å². The summed E-state index contributed by atoms with van der Waals surface area (Å²) in [5.41, 5.74) is -0.411. The van der Waals surface area contributed by atoms with Crippen LogP contribution in [0.3, 0.4) is 0 Å².